The Labute approximate surface area is 109 Å². The van der Waals surface area contributed by atoms with Crippen LogP contribution in [0.3, 0.4) is 0 Å². The van der Waals surface area contributed by atoms with E-state index in [1.165, 1.54) is 59.4 Å². The van der Waals surface area contributed by atoms with Gasteiger partial charge in [-0.2, -0.15) is 0 Å². The van der Waals surface area contributed by atoms with Crippen LogP contribution >= 0.6 is 0 Å². The van der Waals surface area contributed by atoms with Gasteiger partial charge in [-0.15, -0.1) is 0 Å². The zero-order chi connectivity index (χ0) is 12.5. The Hall–Kier alpha value is -1.18. The zero-order valence-corrected chi connectivity index (χ0v) is 11.5. The average Bonchev–Trinajstić information content (AvgIpc) is 2.44. The van der Waals surface area contributed by atoms with Crippen LogP contribution in [0.1, 0.15) is 47.9 Å². The second kappa shape index (κ2) is 4.83. The fourth-order valence-electron chi connectivity index (χ4n) is 3.67. The van der Waals surface area contributed by atoms with E-state index in [0.717, 1.165) is 25.7 Å². The molecule has 0 radical (unpaired) electrons. The molecule has 0 spiro atoms. The van der Waals surface area contributed by atoms with Crippen molar-refractivity contribution in [1.29, 1.82) is 0 Å². The van der Waals surface area contributed by atoms with Crippen molar-refractivity contribution in [2.24, 2.45) is 0 Å². The summed E-state index contributed by atoms with van der Waals surface area (Å²) in [6, 6.07) is 0. The van der Waals surface area contributed by atoms with E-state index >= 15 is 0 Å². The normalized spacial score (nSPS) is 17.9. The lowest BCUT2D eigenvalue weighted by Gasteiger charge is -2.29. The molecule has 98 valence electrons. The van der Waals surface area contributed by atoms with Gasteiger partial charge in [0.15, 0.2) is 0 Å². The fourth-order valence-corrected chi connectivity index (χ4v) is 3.67. The molecule has 2 aliphatic carbocycles. The summed E-state index contributed by atoms with van der Waals surface area (Å²) < 4.78 is 11.5. The molecular formula is C16H22O2. The molecule has 2 nitrogen and oxygen atoms in total. The smallest absolute Gasteiger partial charge is 0.126 e. The Morgan fingerprint density at radius 3 is 1.06 bits per heavy atom. The Bertz CT molecular complexity index is 356. The van der Waals surface area contributed by atoms with Crippen molar-refractivity contribution in [3.8, 4) is 11.5 Å². The van der Waals surface area contributed by atoms with Crippen molar-refractivity contribution >= 4 is 0 Å². The summed E-state index contributed by atoms with van der Waals surface area (Å²) in [5, 5.41) is 0. The third kappa shape index (κ3) is 1.70. The molecule has 0 amide bonds. The van der Waals surface area contributed by atoms with Crippen LogP contribution in [0.25, 0.3) is 0 Å². The lowest BCUT2D eigenvalue weighted by molar-refractivity contribution is 0.376. The molecule has 3 rings (SSSR count). The number of methoxy groups -OCH3 is 2. The van der Waals surface area contributed by atoms with Gasteiger partial charge in [0.05, 0.1) is 14.2 Å². The monoisotopic (exact) mass is 246 g/mol. The molecule has 2 heteroatoms. The molecule has 1 aromatic rings. The second-order valence-electron chi connectivity index (χ2n) is 5.39. The van der Waals surface area contributed by atoms with Crippen LogP contribution in [0.2, 0.25) is 0 Å². The maximum absolute atomic E-state index is 5.75. The first kappa shape index (κ1) is 11.9. The minimum Gasteiger partial charge on any atom is -0.496 e. The van der Waals surface area contributed by atoms with E-state index in [2.05, 4.69) is 0 Å². The molecule has 18 heavy (non-hydrogen) atoms. The molecule has 0 bridgehead atoms. The summed E-state index contributed by atoms with van der Waals surface area (Å²) in [5.74, 6) is 2.36. The lowest BCUT2D eigenvalue weighted by Crippen LogP contribution is -2.15. The standard InChI is InChI=1S/C16H22O2/c1-17-15-11-7-3-5-9-13(11)16(18-2)14-10-6-4-8-12(14)15/h3-10H2,1-2H3. The third-order valence-corrected chi connectivity index (χ3v) is 4.44. The summed E-state index contributed by atoms with van der Waals surface area (Å²) in [7, 11) is 3.65. The van der Waals surface area contributed by atoms with Gasteiger partial charge in [0.1, 0.15) is 11.5 Å². The highest BCUT2D eigenvalue weighted by Crippen LogP contribution is 2.45. The topological polar surface area (TPSA) is 18.5 Å². The highest BCUT2D eigenvalue weighted by molar-refractivity contribution is 5.60. The first-order valence-corrected chi connectivity index (χ1v) is 7.14. The molecular weight excluding hydrogens is 224 g/mol. The quantitative estimate of drug-likeness (QED) is 0.795. The van der Waals surface area contributed by atoms with E-state index in [9.17, 15) is 0 Å². The molecule has 0 aromatic heterocycles. The summed E-state index contributed by atoms with van der Waals surface area (Å²) in [5.41, 5.74) is 5.73. The Morgan fingerprint density at radius 2 is 0.833 bits per heavy atom. The predicted molar refractivity (Wildman–Crippen MR) is 72.8 cm³/mol. The second-order valence-corrected chi connectivity index (χ2v) is 5.39. The van der Waals surface area contributed by atoms with Crippen LogP contribution in [0.5, 0.6) is 11.5 Å². The van der Waals surface area contributed by atoms with Gasteiger partial charge in [-0.05, 0) is 51.4 Å². The van der Waals surface area contributed by atoms with Gasteiger partial charge in [0.25, 0.3) is 0 Å². The lowest BCUT2D eigenvalue weighted by atomic mass is 9.81. The first-order valence-electron chi connectivity index (χ1n) is 7.14. The predicted octanol–water partition coefficient (Wildman–Crippen LogP) is 3.46. The van der Waals surface area contributed by atoms with Crippen LogP contribution in [-0.4, -0.2) is 14.2 Å². The molecule has 0 saturated heterocycles. The molecule has 0 aliphatic heterocycles. The van der Waals surface area contributed by atoms with Crippen LogP contribution in [-0.2, 0) is 25.7 Å². The van der Waals surface area contributed by atoms with Crippen LogP contribution < -0.4 is 9.47 Å². The maximum atomic E-state index is 5.75. The van der Waals surface area contributed by atoms with Crippen molar-refractivity contribution < 1.29 is 9.47 Å². The molecule has 0 N–H and O–H groups in total. The third-order valence-electron chi connectivity index (χ3n) is 4.44. The largest absolute Gasteiger partial charge is 0.496 e. The first-order chi connectivity index (χ1) is 8.86. The number of hydrogen-bond donors (Lipinski definition) is 0. The van der Waals surface area contributed by atoms with Gasteiger partial charge >= 0.3 is 0 Å². The van der Waals surface area contributed by atoms with Crippen LogP contribution in [0.15, 0.2) is 0 Å². The van der Waals surface area contributed by atoms with Crippen molar-refractivity contribution in [2.75, 3.05) is 14.2 Å². The van der Waals surface area contributed by atoms with Crippen molar-refractivity contribution in [1.82, 2.24) is 0 Å². The minimum atomic E-state index is 1.15. The summed E-state index contributed by atoms with van der Waals surface area (Å²) in [4.78, 5) is 0. The molecule has 0 fully saturated rings. The number of benzene rings is 1. The summed E-state index contributed by atoms with van der Waals surface area (Å²) in [6.07, 6.45) is 9.75. The van der Waals surface area contributed by atoms with Gasteiger partial charge in [-0.3, -0.25) is 0 Å². The average molecular weight is 246 g/mol. The highest BCUT2D eigenvalue weighted by Gasteiger charge is 2.27. The van der Waals surface area contributed by atoms with E-state index in [4.69, 9.17) is 9.47 Å². The number of fused-ring (bicyclic) bond motifs is 2. The minimum absolute atomic E-state index is 1.15. The number of hydrogen-bond acceptors (Lipinski definition) is 2. The Morgan fingerprint density at radius 1 is 0.556 bits per heavy atom. The van der Waals surface area contributed by atoms with E-state index in [1.54, 1.807) is 0 Å². The molecule has 0 saturated carbocycles. The van der Waals surface area contributed by atoms with Crippen LogP contribution in [0, 0.1) is 0 Å². The van der Waals surface area contributed by atoms with E-state index in [-0.39, 0.29) is 0 Å². The van der Waals surface area contributed by atoms with Crippen LogP contribution in [0.4, 0.5) is 0 Å². The Balaban J connectivity index is 2.26. The van der Waals surface area contributed by atoms with E-state index in [0.29, 0.717) is 0 Å². The van der Waals surface area contributed by atoms with Gasteiger partial charge in [0.2, 0.25) is 0 Å². The summed E-state index contributed by atoms with van der Waals surface area (Å²) >= 11 is 0. The van der Waals surface area contributed by atoms with E-state index < -0.39 is 0 Å². The van der Waals surface area contributed by atoms with Gasteiger partial charge < -0.3 is 9.47 Å². The van der Waals surface area contributed by atoms with Crippen molar-refractivity contribution in [3.63, 3.8) is 0 Å². The molecule has 1 aromatic carbocycles. The van der Waals surface area contributed by atoms with Crippen molar-refractivity contribution in [2.45, 2.75) is 51.4 Å². The van der Waals surface area contributed by atoms with Crippen molar-refractivity contribution in [3.05, 3.63) is 22.3 Å². The molecule has 2 aliphatic rings. The van der Waals surface area contributed by atoms with E-state index in [1.807, 2.05) is 14.2 Å². The number of ether oxygens (including phenoxy) is 2. The zero-order valence-electron chi connectivity index (χ0n) is 11.5. The maximum Gasteiger partial charge on any atom is 0.126 e. The van der Waals surface area contributed by atoms with Gasteiger partial charge in [-0.25, -0.2) is 0 Å². The Kier molecular flexibility index (Phi) is 3.19. The highest BCUT2D eigenvalue weighted by atomic mass is 16.5. The van der Waals surface area contributed by atoms with Gasteiger partial charge in [0, 0.05) is 22.3 Å². The molecule has 0 unspecified atom stereocenters. The summed E-state index contributed by atoms with van der Waals surface area (Å²) in [6.45, 7) is 0. The van der Waals surface area contributed by atoms with Gasteiger partial charge in [-0.1, -0.05) is 0 Å². The molecule has 0 atom stereocenters. The molecule has 0 heterocycles. The number of rotatable bonds is 2. The SMILES string of the molecule is COc1c2c(c(OC)c3c1CCCC3)CCCC2. The fraction of sp³-hybridized carbons (Fsp3) is 0.625.